The monoisotopic (exact) mass is 256 g/mol. The Kier molecular flexibility index (Phi) is 3.30. The molecule has 3 rings (SSSR count). The number of rotatable bonds is 4. The first-order valence-electron chi connectivity index (χ1n) is 6.66. The predicted molar refractivity (Wildman–Crippen MR) is 73.5 cm³/mol. The third-order valence-corrected chi connectivity index (χ3v) is 3.83. The van der Waals surface area contributed by atoms with Crippen LogP contribution < -0.4 is 5.32 Å². The molecule has 0 saturated heterocycles. The van der Waals surface area contributed by atoms with E-state index in [0.717, 1.165) is 18.7 Å². The lowest BCUT2D eigenvalue weighted by Crippen LogP contribution is -2.31. The highest BCUT2D eigenvalue weighted by molar-refractivity contribution is 5.40. The van der Waals surface area contributed by atoms with Crippen LogP contribution in [0.25, 0.3) is 0 Å². The van der Waals surface area contributed by atoms with E-state index < -0.39 is 0 Å². The van der Waals surface area contributed by atoms with Gasteiger partial charge in [0.15, 0.2) is 0 Å². The van der Waals surface area contributed by atoms with Gasteiger partial charge in [0.25, 0.3) is 0 Å². The summed E-state index contributed by atoms with van der Waals surface area (Å²) in [7, 11) is 0. The van der Waals surface area contributed by atoms with Crippen molar-refractivity contribution < 1.29 is 4.39 Å². The smallest absolute Gasteiger partial charge is 0.141 e. The van der Waals surface area contributed by atoms with Gasteiger partial charge in [-0.05, 0) is 36.6 Å². The molecule has 19 heavy (non-hydrogen) atoms. The Hall–Kier alpha value is -1.74. The molecule has 1 aromatic carbocycles. The van der Waals surface area contributed by atoms with Crippen molar-refractivity contribution in [2.75, 3.05) is 6.54 Å². The summed E-state index contributed by atoms with van der Waals surface area (Å²) >= 11 is 0. The molecule has 0 aliphatic heterocycles. The van der Waals surface area contributed by atoms with Crippen LogP contribution in [0.4, 0.5) is 4.39 Å². The average molecular weight is 256 g/mol. The van der Waals surface area contributed by atoms with Crippen LogP contribution in [0, 0.1) is 5.82 Å². The molecule has 1 heterocycles. The number of aromatic nitrogens is 1. The molecule has 1 aromatic heterocycles. The van der Waals surface area contributed by atoms with E-state index in [1.165, 1.54) is 23.4 Å². The lowest BCUT2D eigenvalue weighted by Gasteiger charge is -2.31. The van der Waals surface area contributed by atoms with Crippen molar-refractivity contribution in [1.29, 1.82) is 0 Å². The number of halogens is 1. The summed E-state index contributed by atoms with van der Waals surface area (Å²) < 4.78 is 12.8. The molecule has 0 spiro atoms. The van der Waals surface area contributed by atoms with E-state index in [4.69, 9.17) is 0 Å². The number of fused-ring (bicyclic) bond motifs is 1. The van der Waals surface area contributed by atoms with Crippen molar-refractivity contribution in [2.24, 2.45) is 0 Å². The van der Waals surface area contributed by atoms with E-state index in [9.17, 15) is 4.39 Å². The van der Waals surface area contributed by atoms with Crippen LogP contribution in [0.1, 0.15) is 35.7 Å². The van der Waals surface area contributed by atoms with E-state index in [-0.39, 0.29) is 11.9 Å². The third-order valence-electron chi connectivity index (χ3n) is 3.83. The zero-order chi connectivity index (χ0) is 13.2. The molecule has 0 bridgehead atoms. The van der Waals surface area contributed by atoms with Gasteiger partial charge in [-0.2, -0.15) is 0 Å². The van der Waals surface area contributed by atoms with Gasteiger partial charge in [0, 0.05) is 18.5 Å². The maximum Gasteiger partial charge on any atom is 0.141 e. The Labute approximate surface area is 112 Å². The molecule has 0 amide bonds. The molecular formula is C16H17FN2. The molecule has 1 aliphatic rings. The van der Waals surface area contributed by atoms with Crippen molar-refractivity contribution in [3.05, 3.63) is 65.2 Å². The number of nitrogens with one attached hydrogen (secondary N) is 1. The fourth-order valence-electron chi connectivity index (χ4n) is 2.61. The Bertz CT molecular complexity index is 565. The standard InChI is InChI=1S/C16H17FN2/c1-11(16-7-6-14(17)10-19-16)18-9-13-8-12-4-2-3-5-15(12)13/h2-7,10-11,13,18H,8-9H2,1H3. The zero-order valence-corrected chi connectivity index (χ0v) is 10.9. The summed E-state index contributed by atoms with van der Waals surface area (Å²) in [5, 5.41) is 3.48. The molecule has 1 aliphatic carbocycles. The molecule has 0 radical (unpaired) electrons. The van der Waals surface area contributed by atoms with Crippen LogP contribution in [-0.4, -0.2) is 11.5 Å². The minimum Gasteiger partial charge on any atom is -0.308 e. The van der Waals surface area contributed by atoms with E-state index in [2.05, 4.69) is 41.5 Å². The molecule has 3 heteroatoms. The number of hydrogen-bond acceptors (Lipinski definition) is 2. The summed E-state index contributed by atoms with van der Waals surface area (Å²) in [6, 6.07) is 11.9. The maximum atomic E-state index is 12.8. The number of pyridine rings is 1. The van der Waals surface area contributed by atoms with Gasteiger partial charge in [-0.15, -0.1) is 0 Å². The zero-order valence-electron chi connectivity index (χ0n) is 10.9. The van der Waals surface area contributed by atoms with Crippen LogP contribution >= 0.6 is 0 Å². The minimum atomic E-state index is -0.288. The lowest BCUT2D eigenvalue weighted by molar-refractivity contribution is 0.482. The van der Waals surface area contributed by atoms with Gasteiger partial charge in [0.2, 0.25) is 0 Å². The summed E-state index contributed by atoms with van der Waals surface area (Å²) in [5.41, 5.74) is 3.80. The molecule has 2 atom stereocenters. The van der Waals surface area contributed by atoms with Crippen molar-refractivity contribution in [1.82, 2.24) is 10.3 Å². The van der Waals surface area contributed by atoms with Gasteiger partial charge >= 0.3 is 0 Å². The fraction of sp³-hybridized carbons (Fsp3) is 0.312. The van der Waals surface area contributed by atoms with Crippen molar-refractivity contribution in [2.45, 2.75) is 25.3 Å². The highest BCUT2D eigenvalue weighted by Crippen LogP contribution is 2.34. The summed E-state index contributed by atoms with van der Waals surface area (Å²) in [4.78, 5) is 4.11. The van der Waals surface area contributed by atoms with Gasteiger partial charge in [0.1, 0.15) is 5.82 Å². The van der Waals surface area contributed by atoms with Gasteiger partial charge in [-0.25, -0.2) is 4.39 Å². The van der Waals surface area contributed by atoms with Gasteiger partial charge in [0.05, 0.1) is 11.9 Å². The van der Waals surface area contributed by atoms with Crippen LogP contribution in [-0.2, 0) is 6.42 Å². The first kappa shape index (κ1) is 12.3. The van der Waals surface area contributed by atoms with E-state index in [1.54, 1.807) is 6.07 Å². The minimum absolute atomic E-state index is 0.147. The second-order valence-electron chi connectivity index (χ2n) is 5.13. The van der Waals surface area contributed by atoms with Crippen LogP contribution in [0.2, 0.25) is 0 Å². The second kappa shape index (κ2) is 5.10. The third kappa shape index (κ3) is 2.51. The Balaban J connectivity index is 1.57. The number of nitrogens with zero attached hydrogens (tertiary/aromatic N) is 1. The van der Waals surface area contributed by atoms with E-state index in [0.29, 0.717) is 5.92 Å². The first-order chi connectivity index (χ1) is 9.24. The maximum absolute atomic E-state index is 12.8. The first-order valence-corrected chi connectivity index (χ1v) is 6.66. The van der Waals surface area contributed by atoms with Crippen molar-refractivity contribution >= 4 is 0 Å². The average Bonchev–Trinajstić information content (AvgIpc) is 2.40. The molecule has 2 unspecified atom stereocenters. The molecule has 0 saturated carbocycles. The molecule has 98 valence electrons. The molecule has 1 N–H and O–H groups in total. The Morgan fingerprint density at radius 1 is 1.32 bits per heavy atom. The van der Waals surface area contributed by atoms with Gasteiger partial charge in [-0.3, -0.25) is 4.98 Å². The highest BCUT2D eigenvalue weighted by Gasteiger charge is 2.25. The van der Waals surface area contributed by atoms with Crippen molar-refractivity contribution in [3.8, 4) is 0 Å². The number of benzene rings is 1. The highest BCUT2D eigenvalue weighted by atomic mass is 19.1. The van der Waals surface area contributed by atoms with E-state index in [1.807, 2.05) is 0 Å². The van der Waals surface area contributed by atoms with Crippen LogP contribution in [0.5, 0.6) is 0 Å². The number of hydrogen-bond donors (Lipinski definition) is 1. The summed E-state index contributed by atoms with van der Waals surface area (Å²) in [6.45, 7) is 3.00. The normalized spacial score (nSPS) is 18.5. The quantitative estimate of drug-likeness (QED) is 0.908. The molecular weight excluding hydrogens is 239 g/mol. The Morgan fingerprint density at radius 2 is 2.16 bits per heavy atom. The fourth-order valence-corrected chi connectivity index (χ4v) is 2.61. The van der Waals surface area contributed by atoms with Crippen LogP contribution in [0.15, 0.2) is 42.6 Å². The molecule has 0 fully saturated rings. The molecule has 2 nitrogen and oxygen atoms in total. The van der Waals surface area contributed by atoms with Crippen LogP contribution in [0.3, 0.4) is 0 Å². The Morgan fingerprint density at radius 3 is 2.89 bits per heavy atom. The lowest BCUT2D eigenvalue weighted by atomic mass is 9.77. The topological polar surface area (TPSA) is 24.9 Å². The SMILES string of the molecule is CC(NCC1Cc2ccccc21)c1ccc(F)cn1. The van der Waals surface area contributed by atoms with Gasteiger partial charge < -0.3 is 5.32 Å². The summed E-state index contributed by atoms with van der Waals surface area (Å²) in [5.74, 6) is 0.308. The van der Waals surface area contributed by atoms with Gasteiger partial charge in [-0.1, -0.05) is 24.3 Å². The van der Waals surface area contributed by atoms with E-state index >= 15 is 0 Å². The van der Waals surface area contributed by atoms with Crippen molar-refractivity contribution in [3.63, 3.8) is 0 Å². The molecule has 2 aromatic rings. The summed E-state index contributed by atoms with van der Waals surface area (Å²) in [6.07, 6.45) is 2.42. The second-order valence-corrected chi connectivity index (χ2v) is 5.13. The predicted octanol–water partition coefficient (Wildman–Crippen LogP) is 3.21. The largest absolute Gasteiger partial charge is 0.308 e.